The Kier molecular flexibility index (Phi) is 6.09. The molecule has 0 radical (unpaired) electrons. The lowest BCUT2D eigenvalue weighted by Gasteiger charge is -2.31. The van der Waals surface area contributed by atoms with Gasteiger partial charge in [-0.1, -0.05) is 95.8 Å². The second-order valence-corrected chi connectivity index (χ2v) is 17.0. The molecule has 1 aliphatic rings. The fraction of sp³-hybridized carbons (Fsp3) is 0.462. The van der Waals surface area contributed by atoms with E-state index in [1.165, 1.54) is 33.4 Å². The van der Waals surface area contributed by atoms with Crippen molar-refractivity contribution < 1.29 is 4.74 Å². The summed E-state index contributed by atoms with van der Waals surface area (Å²) < 4.78 is 6.54. The van der Waals surface area contributed by atoms with E-state index in [0.29, 0.717) is 18.1 Å². The Hall–Kier alpha value is -1.51. The molecule has 2 aromatic carbocycles. The zero-order valence-corrected chi connectivity index (χ0v) is 20.9. The van der Waals surface area contributed by atoms with E-state index in [-0.39, 0.29) is 5.41 Å². The van der Waals surface area contributed by atoms with E-state index in [4.69, 9.17) is 15.8 Å². The summed E-state index contributed by atoms with van der Waals surface area (Å²) in [6.45, 7) is 18.7. The third kappa shape index (κ3) is 4.49. The van der Waals surface area contributed by atoms with Crippen LogP contribution in [0.15, 0.2) is 42.0 Å². The average molecular weight is 427 g/mol. The van der Waals surface area contributed by atoms with Gasteiger partial charge in [-0.15, -0.1) is 0 Å². The minimum absolute atomic E-state index is 0.0239. The maximum absolute atomic E-state index is 7.04. The number of fused-ring (bicyclic) bond motifs is 1. The molecule has 0 bridgehead atoms. The number of hydrogen-bond acceptors (Lipinski definition) is 1. The molecule has 0 N–H and O–H groups in total. The third-order valence-corrected chi connectivity index (χ3v) is 8.40. The van der Waals surface area contributed by atoms with E-state index in [2.05, 4.69) is 97.1 Å². The van der Waals surface area contributed by atoms with Crippen molar-refractivity contribution >= 4 is 24.5 Å². The highest BCUT2D eigenvalue weighted by atomic mass is 35.6. The van der Waals surface area contributed by atoms with Gasteiger partial charge in [0.1, 0.15) is 5.75 Å². The quantitative estimate of drug-likeness (QED) is 0.346. The molecule has 1 unspecified atom stereocenters. The molecule has 156 valence electrons. The molecule has 0 heterocycles. The molecule has 0 aliphatic heterocycles. The van der Waals surface area contributed by atoms with Crippen molar-refractivity contribution in [3.63, 3.8) is 0 Å². The van der Waals surface area contributed by atoms with Gasteiger partial charge < -0.3 is 4.74 Å². The standard InChI is InChI=1S/C26H35ClOSi/c1-17(2)16-28-24-22(26(4,5)6)15-21-20(14-18(3)25(21)29(7,8)27)23(24)19-12-10-9-11-13-19/h9-15,17,25H,16H2,1-8H3. The molecule has 0 aromatic heterocycles. The molecular formula is C26H35ClOSi. The predicted molar refractivity (Wildman–Crippen MR) is 131 cm³/mol. The van der Waals surface area contributed by atoms with Crippen molar-refractivity contribution in [3.8, 4) is 16.9 Å². The first-order valence-corrected chi connectivity index (χ1v) is 14.8. The second kappa shape index (κ2) is 7.96. The Balaban J connectivity index is 2.38. The summed E-state index contributed by atoms with van der Waals surface area (Å²) in [4.78, 5) is 0. The first kappa shape index (κ1) is 22.2. The summed E-state index contributed by atoms with van der Waals surface area (Å²) in [6, 6.07) is 13.1. The Morgan fingerprint density at radius 1 is 1.10 bits per heavy atom. The summed E-state index contributed by atoms with van der Waals surface area (Å²) in [5.41, 5.74) is 8.09. The van der Waals surface area contributed by atoms with Gasteiger partial charge in [-0.3, -0.25) is 0 Å². The van der Waals surface area contributed by atoms with Gasteiger partial charge in [0, 0.05) is 16.7 Å². The van der Waals surface area contributed by atoms with Gasteiger partial charge >= 0.3 is 0 Å². The molecule has 0 saturated heterocycles. The summed E-state index contributed by atoms with van der Waals surface area (Å²) in [5.74, 6) is 1.51. The van der Waals surface area contributed by atoms with Crippen molar-refractivity contribution in [2.75, 3.05) is 6.61 Å². The summed E-state index contributed by atoms with van der Waals surface area (Å²) in [5, 5.41) is 0. The minimum Gasteiger partial charge on any atom is -0.492 e. The highest BCUT2D eigenvalue weighted by Gasteiger charge is 2.40. The number of halogens is 1. The molecular weight excluding hydrogens is 392 g/mol. The first-order valence-electron chi connectivity index (χ1n) is 10.7. The van der Waals surface area contributed by atoms with E-state index in [9.17, 15) is 0 Å². The van der Waals surface area contributed by atoms with E-state index in [0.717, 1.165) is 5.75 Å². The van der Waals surface area contributed by atoms with Crippen LogP contribution in [0.25, 0.3) is 17.2 Å². The topological polar surface area (TPSA) is 9.23 Å². The zero-order chi connectivity index (χ0) is 21.6. The van der Waals surface area contributed by atoms with E-state index >= 15 is 0 Å². The van der Waals surface area contributed by atoms with Gasteiger partial charge in [-0.2, -0.15) is 11.1 Å². The van der Waals surface area contributed by atoms with Crippen LogP contribution in [0.2, 0.25) is 13.1 Å². The van der Waals surface area contributed by atoms with Crippen LogP contribution in [0, 0.1) is 5.92 Å². The van der Waals surface area contributed by atoms with Crippen molar-refractivity contribution in [2.45, 2.75) is 65.6 Å². The molecule has 1 aliphatic carbocycles. The third-order valence-electron chi connectivity index (χ3n) is 5.61. The fourth-order valence-electron chi connectivity index (χ4n) is 4.41. The Bertz CT molecular complexity index is 914. The van der Waals surface area contributed by atoms with Crippen molar-refractivity contribution in [1.29, 1.82) is 0 Å². The van der Waals surface area contributed by atoms with Crippen LogP contribution < -0.4 is 4.74 Å². The number of allylic oxidation sites excluding steroid dienone is 1. The number of benzene rings is 2. The van der Waals surface area contributed by atoms with Crippen molar-refractivity contribution in [1.82, 2.24) is 0 Å². The van der Waals surface area contributed by atoms with Gasteiger partial charge in [0.05, 0.1) is 6.61 Å². The van der Waals surface area contributed by atoms with Crippen molar-refractivity contribution in [3.05, 3.63) is 58.7 Å². The van der Waals surface area contributed by atoms with Crippen LogP contribution in [0.4, 0.5) is 0 Å². The molecule has 3 rings (SSSR count). The van der Waals surface area contributed by atoms with Gasteiger partial charge in [-0.05, 0) is 34.9 Å². The maximum Gasteiger partial charge on any atom is 0.161 e. The molecule has 29 heavy (non-hydrogen) atoms. The second-order valence-electron chi connectivity index (χ2n) is 10.3. The van der Waals surface area contributed by atoms with Gasteiger partial charge in [0.15, 0.2) is 7.38 Å². The lowest BCUT2D eigenvalue weighted by atomic mass is 9.81. The van der Waals surface area contributed by atoms with Gasteiger partial charge in [0.2, 0.25) is 0 Å². The van der Waals surface area contributed by atoms with Crippen molar-refractivity contribution in [2.24, 2.45) is 5.92 Å². The molecule has 0 fully saturated rings. The normalized spacial score (nSPS) is 16.8. The predicted octanol–water partition coefficient (Wildman–Crippen LogP) is 8.17. The van der Waals surface area contributed by atoms with Crippen LogP contribution in [0.5, 0.6) is 5.75 Å². The van der Waals surface area contributed by atoms with Crippen LogP contribution in [0.1, 0.15) is 63.8 Å². The van der Waals surface area contributed by atoms with Gasteiger partial charge in [0.25, 0.3) is 0 Å². The highest BCUT2D eigenvalue weighted by molar-refractivity contribution is 7.20. The van der Waals surface area contributed by atoms with Crippen LogP contribution in [0.3, 0.4) is 0 Å². The molecule has 1 atom stereocenters. The number of hydrogen-bond donors (Lipinski definition) is 0. The lowest BCUT2D eigenvalue weighted by molar-refractivity contribution is 0.266. The Labute approximate surface area is 182 Å². The molecule has 0 amide bonds. The minimum atomic E-state index is -1.94. The molecule has 1 nitrogen and oxygen atoms in total. The fourth-order valence-corrected chi connectivity index (χ4v) is 7.42. The summed E-state index contributed by atoms with van der Waals surface area (Å²) in [6.07, 6.45) is 2.36. The van der Waals surface area contributed by atoms with E-state index in [1.807, 2.05) is 0 Å². The van der Waals surface area contributed by atoms with Crippen LogP contribution in [-0.2, 0) is 5.41 Å². The van der Waals surface area contributed by atoms with Gasteiger partial charge in [-0.25, -0.2) is 0 Å². The molecule has 3 heteroatoms. The SMILES string of the molecule is CC1=Cc2c(cc(C(C)(C)C)c(OCC(C)C)c2-c2ccccc2)C1[Si](C)(C)Cl. The summed E-state index contributed by atoms with van der Waals surface area (Å²) in [7, 11) is -1.94. The summed E-state index contributed by atoms with van der Waals surface area (Å²) >= 11 is 7.04. The average Bonchev–Trinajstić information content (AvgIpc) is 2.94. The van der Waals surface area contributed by atoms with Crippen LogP contribution >= 0.6 is 11.1 Å². The highest BCUT2D eigenvalue weighted by Crippen LogP contribution is 2.52. The van der Waals surface area contributed by atoms with E-state index < -0.39 is 7.38 Å². The first-order chi connectivity index (χ1) is 13.4. The smallest absolute Gasteiger partial charge is 0.161 e. The zero-order valence-electron chi connectivity index (χ0n) is 19.2. The molecule has 0 saturated carbocycles. The maximum atomic E-state index is 7.04. The van der Waals surface area contributed by atoms with E-state index in [1.54, 1.807) is 0 Å². The van der Waals surface area contributed by atoms with Crippen LogP contribution in [-0.4, -0.2) is 14.0 Å². The molecule has 2 aromatic rings. The Morgan fingerprint density at radius 2 is 1.72 bits per heavy atom. The Morgan fingerprint density at radius 3 is 2.24 bits per heavy atom. The lowest BCUT2D eigenvalue weighted by Crippen LogP contribution is -2.28. The number of rotatable bonds is 5. The largest absolute Gasteiger partial charge is 0.492 e. The number of ether oxygens (including phenoxy) is 1. The molecule has 0 spiro atoms. The monoisotopic (exact) mass is 426 g/mol.